The summed E-state index contributed by atoms with van der Waals surface area (Å²) in [4.78, 5) is 8.96. The lowest BCUT2D eigenvalue weighted by Gasteiger charge is -2.14. The minimum Gasteiger partial charge on any atom is -0.340 e. The number of aryl methyl sites for hydroxylation is 1. The van der Waals surface area contributed by atoms with E-state index in [1.807, 2.05) is 83.1 Å². The SMILES string of the molecule is CC.CC.Cc1cnc(Nc2ccccc2)nc1Nc1ccc2c(c1)CN(S(=O)(=O)C1CC1)C2. The molecule has 2 aromatic carbocycles. The van der Waals surface area contributed by atoms with Crippen LogP contribution in [-0.4, -0.2) is 27.9 Å². The van der Waals surface area contributed by atoms with E-state index in [-0.39, 0.29) is 5.25 Å². The molecule has 3 aromatic rings. The second-order valence-corrected chi connectivity index (χ2v) is 10.1. The van der Waals surface area contributed by atoms with Crippen LogP contribution in [0, 0.1) is 6.92 Å². The van der Waals surface area contributed by atoms with Gasteiger partial charge < -0.3 is 10.6 Å². The fourth-order valence-corrected chi connectivity index (χ4v) is 5.41. The summed E-state index contributed by atoms with van der Waals surface area (Å²) in [6.07, 6.45) is 3.35. The third kappa shape index (κ3) is 5.93. The van der Waals surface area contributed by atoms with Crippen LogP contribution in [0.1, 0.15) is 57.2 Å². The summed E-state index contributed by atoms with van der Waals surface area (Å²) in [7, 11) is -3.16. The minimum absolute atomic E-state index is 0.177. The fraction of sp³-hybridized carbons (Fsp3) is 0.385. The van der Waals surface area contributed by atoms with E-state index >= 15 is 0 Å². The van der Waals surface area contributed by atoms with Gasteiger partial charge in [0.15, 0.2) is 0 Å². The number of anilines is 4. The molecule has 1 saturated carbocycles. The van der Waals surface area contributed by atoms with Crippen molar-refractivity contribution in [2.24, 2.45) is 0 Å². The van der Waals surface area contributed by atoms with Crippen LogP contribution >= 0.6 is 0 Å². The van der Waals surface area contributed by atoms with Crippen LogP contribution in [0.5, 0.6) is 0 Å². The molecule has 1 aliphatic carbocycles. The lowest BCUT2D eigenvalue weighted by molar-refractivity contribution is 0.430. The van der Waals surface area contributed by atoms with Crippen molar-refractivity contribution in [3.63, 3.8) is 0 Å². The Morgan fingerprint density at radius 3 is 2.24 bits per heavy atom. The van der Waals surface area contributed by atoms with Gasteiger partial charge in [0.1, 0.15) is 5.82 Å². The van der Waals surface area contributed by atoms with Crippen LogP contribution in [0.4, 0.5) is 23.1 Å². The molecule has 2 N–H and O–H groups in total. The predicted octanol–water partition coefficient (Wildman–Crippen LogP) is 6.13. The van der Waals surface area contributed by atoms with Crippen LogP contribution < -0.4 is 10.6 Å². The minimum atomic E-state index is -3.16. The predicted molar refractivity (Wildman–Crippen MR) is 140 cm³/mol. The van der Waals surface area contributed by atoms with Crippen LogP contribution in [0.3, 0.4) is 0 Å². The zero-order chi connectivity index (χ0) is 24.7. The molecule has 2 aliphatic rings. The molecule has 7 nitrogen and oxygen atoms in total. The topological polar surface area (TPSA) is 87.2 Å². The van der Waals surface area contributed by atoms with E-state index < -0.39 is 10.0 Å². The molecule has 0 spiro atoms. The van der Waals surface area contributed by atoms with Gasteiger partial charge in [0.25, 0.3) is 0 Å². The molecule has 0 saturated heterocycles. The van der Waals surface area contributed by atoms with Gasteiger partial charge in [-0.3, -0.25) is 0 Å². The number of sulfonamides is 1. The number of rotatable bonds is 6. The maximum atomic E-state index is 12.6. The third-order valence-corrected chi connectivity index (χ3v) is 7.76. The quantitative estimate of drug-likeness (QED) is 0.440. The highest BCUT2D eigenvalue weighted by Crippen LogP contribution is 2.36. The molecular formula is C26H35N5O2S. The van der Waals surface area contributed by atoms with Crippen molar-refractivity contribution < 1.29 is 8.42 Å². The van der Waals surface area contributed by atoms with Crippen molar-refractivity contribution in [3.05, 3.63) is 71.4 Å². The summed E-state index contributed by atoms with van der Waals surface area (Å²) >= 11 is 0. The molecular weight excluding hydrogens is 446 g/mol. The molecule has 0 amide bonds. The summed E-state index contributed by atoms with van der Waals surface area (Å²) in [5, 5.41) is 6.38. The van der Waals surface area contributed by atoms with Crippen molar-refractivity contribution >= 4 is 33.2 Å². The van der Waals surface area contributed by atoms with E-state index in [0.717, 1.165) is 40.9 Å². The Kier molecular flexibility index (Phi) is 8.63. The number of nitrogens with zero attached hydrogens (tertiary/aromatic N) is 3. The maximum Gasteiger partial charge on any atom is 0.229 e. The maximum absolute atomic E-state index is 12.6. The summed E-state index contributed by atoms with van der Waals surface area (Å²) in [5.41, 5.74) is 4.83. The molecule has 0 bridgehead atoms. The van der Waals surface area contributed by atoms with Crippen molar-refractivity contribution in [2.75, 3.05) is 10.6 Å². The largest absolute Gasteiger partial charge is 0.340 e. The summed E-state index contributed by atoms with van der Waals surface area (Å²) in [6, 6.07) is 15.8. The van der Waals surface area contributed by atoms with Crippen molar-refractivity contribution in [2.45, 2.75) is 65.8 Å². The van der Waals surface area contributed by atoms with Crippen molar-refractivity contribution in [1.82, 2.24) is 14.3 Å². The third-order valence-electron chi connectivity index (χ3n) is 5.47. The zero-order valence-electron chi connectivity index (χ0n) is 20.7. The zero-order valence-corrected chi connectivity index (χ0v) is 21.5. The first-order valence-electron chi connectivity index (χ1n) is 12.0. The number of fused-ring (bicyclic) bond motifs is 1. The van der Waals surface area contributed by atoms with Crippen molar-refractivity contribution in [3.8, 4) is 0 Å². The lowest BCUT2D eigenvalue weighted by atomic mass is 10.1. The van der Waals surface area contributed by atoms with Crippen molar-refractivity contribution in [1.29, 1.82) is 0 Å². The first-order valence-corrected chi connectivity index (χ1v) is 13.5. The standard InChI is InChI=1S/C22H23N5O2S.2C2H6/c1-15-12-23-22(25-18-5-3-2-4-6-18)26-21(15)24-19-8-7-16-13-27(14-17(16)11-19)30(28,29)20-9-10-20;2*1-2/h2-8,11-12,20H,9-10,13-14H2,1H3,(H2,23,24,25,26);2*1-2H3. The van der Waals surface area contributed by atoms with E-state index in [0.29, 0.717) is 24.9 Å². The Hall–Kier alpha value is -2.97. The fourth-order valence-electron chi connectivity index (χ4n) is 3.61. The van der Waals surface area contributed by atoms with Gasteiger partial charge >= 0.3 is 0 Å². The molecule has 8 heteroatoms. The van der Waals surface area contributed by atoms with E-state index in [4.69, 9.17) is 0 Å². The summed E-state index contributed by atoms with van der Waals surface area (Å²) in [6.45, 7) is 10.9. The number of hydrogen-bond donors (Lipinski definition) is 2. The van der Waals surface area contributed by atoms with E-state index in [1.165, 1.54) is 0 Å². The smallest absolute Gasteiger partial charge is 0.229 e. The van der Waals surface area contributed by atoms with Gasteiger partial charge in [-0.2, -0.15) is 9.29 Å². The molecule has 2 heterocycles. The summed E-state index contributed by atoms with van der Waals surface area (Å²) in [5.74, 6) is 1.22. The van der Waals surface area contributed by atoms with Gasteiger partial charge in [-0.1, -0.05) is 52.0 Å². The van der Waals surface area contributed by atoms with Gasteiger partial charge in [0.2, 0.25) is 16.0 Å². The molecule has 34 heavy (non-hydrogen) atoms. The number of nitrogens with one attached hydrogen (secondary N) is 2. The highest BCUT2D eigenvalue weighted by molar-refractivity contribution is 7.90. The van der Waals surface area contributed by atoms with E-state index in [9.17, 15) is 8.42 Å². The number of para-hydroxylation sites is 1. The Bertz CT molecular complexity index is 1200. The molecule has 0 unspecified atom stereocenters. The normalized spacial score (nSPS) is 14.7. The van der Waals surface area contributed by atoms with Crippen LogP contribution in [0.25, 0.3) is 0 Å². The second-order valence-electron chi connectivity index (χ2n) is 7.84. The molecule has 1 aliphatic heterocycles. The van der Waals surface area contributed by atoms with Gasteiger partial charge in [0.05, 0.1) is 5.25 Å². The van der Waals surface area contributed by atoms with Gasteiger partial charge in [-0.15, -0.1) is 0 Å². The molecule has 0 atom stereocenters. The Labute approximate surface area is 203 Å². The molecule has 1 fully saturated rings. The average Bonchev–Trinajstić information content (AvgIpc) is 3.64. The Morgan fingerprint density at radius 2 is 1.56 bits per heavy atom. The average molecular weight is 482 g/mol. The first kappa shape index (κ1) is 25.6. The lowest BCUT2D eigenvalue weighted by Crippen LogP contribution is -2.28. The molecule has 0 radical (unpaired) electrons. The Morgan fingerprint density at radius 1 is 0.882 bits per heavy atom. The first-order chi connectivity index (χ1) is 16.5. The molecule has 182 valence electrons. The number of hydrogen-bond acceptors (Lipinski definition) is 6. The summed E-state index contributed by atoms with van der Waals surface area (Å²) < 4.78 is 26.7. The van der Waals surface area contributed by atoms with Crippen LogP contribution in [-0.2, 0) is 23.1 Å². The monoisotopic (exact) mass is 481 g/mol. The van der Waals surface area contributed by atoms with Crippen LogP contribution in [0.15, 0.2) is 54.7 Å². The van der Waals surface area contributed by atoms with E-state index in [2.05, 4.69) is 20.6 Å². The highest BCUT2D eigenvalue weighted by Gasteiger charge is 2.42. The molecule has 5 rings (SSSR count). The van der Waals surface area contributed by atoms with Gasteiger partial charge in [-0.05, 0) is 55.2 Å². The van der Waals surface area contributed by atoms with Gasteiger partial charge in [-0.25, -0.2) is 13.4 Å². The van der Waals surface area contributed by atoms with E-state index in [1.54, 1.807) is 10.5 Å². The Balaban J connectivity index is 0.000000771. The highest BCUT2D eigenvalue weighted by atomic mass is 32.2. The van der Waals surface area contributed by atoms with Gasteiger partial charge in [0, 0.05) is 36.2 Å². The van der Waals surface area contributed by atoms with Crippen LogP contribution in [0.2, 0.25) is 0 Å². The molecule has 1 aromatic heterocycles. The number of benzene rings is 2. The second kappa shape index (κ2) is 11.4. The number of aromatic nitrogens is 2.